The van der Waals surface area contributed by atoms with E-state index in [1.165, 1.54) is 0 Å². The van der Waals surface area contributed by atoms with E-state index in [1.54, 1.807) is 0 Å². The highest BCUT2D eigenvalue weighted by Gasteiger charge is 2.61. The zero-order valence-corrected chi connectivity index (χ0v) is 51.8. The SMILES string of the molecule is OC[C@H]1O[C@@H](O[C@H]2[C@H](O)[C@@H](O)[C@H](O[C@H]3[C@H](O)[C@@H](O)[C@H](OC[C@H]4O[C@@H]5O[C@H]6[C@H](O)[C@@H](O)[C@@H](O[C@H]7[C@H](O)[C@@H](O)[C@@H](O[C@H]8[C@H](O)[C@@H](O)[C@@H](O[C@H]9[C@H](O)[C@@H](O)[C@@H](O[C@H]%10[C@H](O)[C@@H](O)[C@@H](O[C@H]4[C@H](O)[C@H]5O)O[C@@H]%10CO)O[C@@H]9CO)O[C@@H]8CO)O[C@@H]7CO)O[C@@H]6CO)O[C@@H]3CO)O[C@@H]2CO)[C@H](O)[C@@H](O)[C@H]1O. The van der Waals surface area contributed by atoms with Gasteiger partial charge in [0, 0.05) is 0 Å². The monoisotopic (exact) mass is 1460 g/mol. The van der Waals surface area contributed by atoms with E-state index >= 15 is 0 Å². The van der Waals surface area contributed by atoms with Gasteiger partial charge in [-0.25, -0.2) is 0 Å². The highest BCUT2D eigenvalue weighted by molar-refractivity contribution is 5.03. The lowest BCUT2D eigenvalue weighted by Crippen LogP contribution is -2.69. The highest BCUT2D eigenvalue weighted by atomic mass is 16.8. The minimum Gasteiger partial charge on any atom is -0.394 e. The summed E-state index contributed by atoms with van der Waals surface area (Å²) >= 11 is 0. The summed E-state index contributed by atoms with van der Waals surface area (Å²) in [5.74, 6) is 0. The first-order valence-electron chi connectivity index (χ1n) is 31.6. The molecule has 0 amide bonds. The van der Waals surface area contributed by atoms with E-state index in [-0.39, 0.29) is 0 Å². The van der Waals surface area contributed by atoms with Crippen LogP contribution in [0.5, 0.6) is 0 Å². The van der Waals surface area contributed by atoms with E-state index < -0.39 is 336 Å². The summed E-state index contributed by atoms with van der Waals surface area (Å²) in [6.45, 7) is -9.72. The van der Waals surface area contributed by atoms with Gasteiger partial charge in [-0.05, 0) is 0 Å². The van der Waals surface area contributed by atoms with Gasteiger partial charge >= 0.3 is 0 Å². The molecule has 0 aliphatic carbocycles. The molecule has 25 rings (SSSR count). The van der Waals surface area contributed by atoms with Crippen molar-refractivity contribution >= 4 is 0 Å². The molecule has 25 saturated heterocycles. The Bertz CT molecular complexity index is 2460. The van der Waals surface area contributed by atoms with E-state index in [0.29, 0.717) is 0 Å². The molecular weight excluding hydrogens is 1370 g/mol. The van der Waals surface area contributed by atoms with Crippen LogP contribution in [0.1, 0.15) is 0 Å². The molecule has 0 aromatic rings. The molecule has 45 atom stereocenters. The molecule has 0 saturated carbocycles. The van der Waals surface area contributed by atoms with Gasteiger partial charge in [0.2, 0.25) is 0 Å². The Kier molecular flexibility index (Phi) is 27.4. The quantitative estimate of drug-likeness (QED) is 0.0724. The van der Waals surface area contributed by atoms with Gasteiger partial charge in [-0.1, -0.05) is 0 Å². The van der Waals surface area contributed by atoms with Crippen LogP contribution < -0.4 is 0 Å². The number of rotatable bonds is 15. The van der Waals surface area contributed by atoms with E-state index in [2.05, 4.69) is 0 Å². The minimum absolute atomic E-state index is 0.882. The van der Waals surface area contributed by atoms with Gasteiger partial charge in [0.25, 0.3) is 0 Å². The lowest BCUT2D eigenvalue weighted by molar-refractivity contribution is -0.406. The van der Waals surface area contributed by atoms with Crippen LogP contribution in [0.4, 0.5) is 0 Å². The molecule has 25 heterocycles. The van der Waals surface area contributed by atoms with Crippen molar-refractivity contribution in [1.29, 1.82) is 0 Å². The molecule has 25 aliphatic rings. The number of ether oxygens (including phenoxy) is 18. The molecule has 25 fully saturated rings. The third kappa shape index (κ3) is 16.0. The van der Waals surface area contributed by atoms with Crippen LogP contribution in [0.3, 0.4) is 0 Å². The van der Waals surface area contributed by atoms with Crippen molar-refractivity contribution in [2.45, 2.75) is 276 Å². The van der Waals surface area contributed by atoms with Crippen molar-refractivity contribution < 1.29 is 223 Å². The third-order valence-electron chi connectivity index (χ3n) is 19.0. The fraction of sp³-hybridized carbons (Fsp3) is 1.00. The summed E-state index contributed by atoms with van der Waals surface area (Å²) in [4.78, 5) is 0. The number of aliphatic hydroxyl groups excluding tert-OH is 27. The largest absolute Gasteiger partial charge is 0.394 e. The van der Waals surface area contributed by atoms with Crippen LogP contribution in [0.15, 0.2) is 0 Å². The van der Waals surface area contributed by atoms with E-state index in [1.807, 2.05) is 0 Å². The molecule has 45 nitrogen and oxygen atoms in total. The van der Waals surface area contributed by atoms with Crippen LogP contribution in [0.25, 0.3) is 0 Å². The summed E-state index contributed by atoms with van der Waals surface area (Å²) in [5.41, 5.74) is 0. The van der Waals surface area contributed by atoms with Gasteiger partial charge in [-0.2, -0.15) is 0 Å². The second-order valence-corrected chi connectivity index (χ2v) is 25.3. The van der Waals surface area contributed by atoms with Crippen LogP contribution in [0, 0.1) is 0 Å². The molecule has 0 aromatic carbocycles. The average molecular weight is 1460 g/mol. The summed E-state index contributed by atoms with van der Waals surface area (Å²) < 4.78 is 103. The Morgan fingerprint density at radius 2 is 0.404 bits per heavy atom. The molecular formula is C54H90O45. The van der Waals surface area contributed by atoms with Gasteiger partial charge in [0.05, 0.1) is 59.5 Å². The first-order valence-corrected chi connectivity index (χ1v) is 31.6. The molecule has 576 valence electrons. The van der Waals surface area contributed by atoms with Crippen molar-refractivity contribution in [3.63, 3.8) is 0 Å². The molecule has 0 spiro atoms. The van der Waals surface area contributed by atoms with Crippen molar-refractivity contribution in [1.82, 2.24) is 0 Å². The maximum Gasteiger partial charge on any atom is 0.187 e. The first-order chi connectivity index (χ1) is 47.1. The van der Waals surface area contributed by atoms with Crippen molar-refractivity contribution in [2.24, 2.45) is 0 Å². The highest BCUT2D eigenvalue weighted by Crippen LogP contribution is 2.40. The smallest absolute Gasteiger partial charge is 0.187 e. The zero-order chi connectivity index (χ0) is 72.1. The molecule has 0 unspecified atom stereocenters. The van der Waals surface area contributed by atoms with E-state index in [9.17, 15) is 138 Å². The van der Waals surface area contributed by atoms with E-state index in [0.717, 1.165) is 0 Å². The number of hydrogen-bond donors (Lipinski definition) is 27. The summed E-state index contributed by atoms with van der Waals surface area (Å²) in [5, 5.41) is 298. The Morgan fingerprint density at radius 1 is 0.182 bits per heavy atom. The summed E-state index contributed by atoms with van der Waals surface area (Å²) in [6, 6.07) is 0. The Hall–Kier alpha value is -1.80. The number of hydrogen-bond acceptors (Lipinski definition) is 45. The topological polar surface area (TPSA) is 712 Å². The maximum absolute atomic E-state index is 12.0. The molecule has 45 heteroatoms. The van der Waals surface area contributed by atoms with Gasteiger partial charge in [-0.15, -0.1) is 0 Å². The van der Waals surface area contributed by atoms with Crippen LogP contribution in [-0.4, -0.2) is 474 Å². The summed E-state index contributed by atoms with van der Waals surface area (Å²) in [6.07, 6.45) is -93.4. The first kappa shape index (κ1) is 79.8. The van der Waals surface area contributed by atoms with Crippen LogP contribution in [0.2, 0.25) is 0 Å². The van der Waals surface area contributed by atoms with Crippen LogP contribution in [-0.2, 0) is 85.3 Å². The lowest BCUT2D eigenvalue weighted by atomic mass is 9.94. The molecule has 27 N–H and O–H groups in total. The fourth-order valence-electron chi connectivity index (χ4n) is 13.3. The second-order valence-electron chi connectivity index (χ2n) is 25.3. The second kappa shape index (κ2) is 34.0. The van der Waals surface area contributed by atoms with Crippen molar-refractivity contribution in [3.05, 3.63) is 0 Å². The molecule has 12 bridgehead atoms. The number of aliphatic hydroxyl groups is 27. The maximum atomic E-state index is 12.0. The lowest BCUT2D eigenvalue weighted by Gasteiger charge is -2.51. The van der Waals surface area contributed by atoms with Crippen LogP contribution >= 0.6 is 0 Å². The van der Waals surface area contributed by atoms with Crippen molar-refractivity contribution in [3.8, 4) is 0 Å². The summed E-state index contributed by atoms with van der Waals surface area (Å²) in [7, 11) is 0. The van der Waals surface area contributed by atoms with Gasteiger partial charge < -0.3 is 223 Å². The third-order valence-corrected chi connectivity index (χ3v) is 19.0. The predicted molar refractivity (Wildman–Crippen MR) is 294 cm³/mol. The minimum atomic E-state index is -2.41. The fourth-order valence-corrected chi connectivity index (χ4v) is 13.3. The Morgan fingerprint density at radius 3 is 0.677 bits per heavy atom. The Labute approximate surface area is 558 Å². The zero-order valence-electron chi connectivity index (χ0n) is 51.8. The molecule has 0 radical (unpaired) electrons. The normalized spacial score (nSPS) is 55.0. The van der Waals surface area contributed by atoms with Gasteiger partial charge in [0.1, 0.15) is 220 Å². The molecule has 99 heavy (non-hydrogen) atoms. The molecule has 25 aliphatic heterocycles. The standard InChI is InChI=1S/C54H90O45/c55-1-10-19(63)20(64)29(73)47(83-10)92-39-12(3-57)85-48(31(75)22(39)66)93-38-11(2-56)84-46(30(74)21(38)65)82-9-18-45-28(72)37(81)54(91-18)98-44-17(8-62)89-52(35(79)26(44)70)96-42-15(6-60)87-50(33(77)24(42)68)94-40-13(4-58)86-49(32(76)23(40)67)95-41-14(5-59)88-51(34(78)25(41)69)97-43-16(7-61)90-53(99-45)36(80)27(43)71/h10-81H,1-9H2/t10-,11-,12-,13-,14-,15-,16-,17-,18-,19+,20+,21-,22-,23-,24-,25-,26-,27-,28-,29-,30-,31-,32-,33-,34-,35-,36-,37-,38-,39-,40-,41-,42-,43-,44-,45-,46-,47+,48+,49-,50-,51-,52-,53-,54-/m1/s1. The van der Waals surface area contributed by atoms with E-state index in [4.69, 9.17) is 85.3 Å². The van der Waals surface area contributed by atoms with Gasteiger partial charge in [0.15, 0.2) is 56.6 Å². The predicted octanol–water partition coefficient (Wildman–Crippen LogP) is -19.6. The molecule has 0 aromatic heterocycles. The average Bonchev–Trinajstić information content (AvgIpc) is 0.789. The van der Waals surface area contributed by atoms with Gasteiger partial charge in [-0.3, -0.25) is 0 Å². The Balaban J connectivity index is 0.900. The van der Waals surface area contributed by atoms with Crippen molar-refractivity contribution in [2.75, 3.05) is 59.5 Å².